The lowest BCUT2D eigenvalue weighted by Gasteiger charge is -2.21. The van der Waals surface area contributed by atoms with Gasteiger partial charge in [0.2, 0.25) is 5.89 Å². The van der Waals surface area contributed by atoms with E-state index in [2.05, 4.69) is 14.9 Å². The fraction of sp³-hybridized carbons (Fsp3) is 0.471. The van der Waals surface area contributed by atoms with Crippen LogP contribution in [0.3, 0.4) is 0 Å². The Bertz CT molecular complexity index is 647. The van der Waals surface area contributed by atoms with Gasteiger partial charge in [0.1, 0.15) is 30.5 Å². The number of hydrogen-bond acceptors (Lipinski definition) is 8. The first kappa shape index (κ1) is 20.4. The molecule has 25 heavy (non-hydrogen) atoms. The first-order valence-corrected chi connectivity index (χ1v) is 7.55. The zero-order chi connectivity index (χ0) is 18.8. The first-order valence-electron chi connectivity index (χ1n) is 7.55. The minimum atomic E-state index is -0.493. The number of carbonyl (C=O) groups excluding carboxylic acids is 1. The molecular weight excluding hydrogens is 328 g/mol. The van der Waals surface area contributed by atoms with Gasteiger partial charge in [-0.2, -0.15) is 0 Å². The van der Waals surface area contributed by atoms with E-state index in [0.29, 0.717) is 23.1 Å². The summed E-state index contributed by atoms with van der Waals surface area (Å²) < 4.78 is 20.7. The van der Waals surface area contributed by atoms with Crippen molar-refractivity contribution in [2.45, 2.75) is 20.0 Å². The molecule has 0 unspecified atom stereocenters. The van der Waals surface area contributed by atoms with Crippen LogP contribution in [0.15, 0.2) is 33.7 Å². The molecule has 0 aliphatic rings. The SMILES string of the molecule is CO/N=C(/C)c1coc(/C=C/[C@H](OC)[C@@H](C)/C(=C\C(=O)OC)OC)n1. The van der Waals surface area contributed by atoms with Crippen molar-refractivity contribution >= 4 is 17.8 Å². The van der Waals surface area contributed by atoms with Gasteiger partial charge in [-0.15, -0.1) is 0 Å². The average Bonchev–Trinajstić information content (AvgIpc) is 3.09. The van der Waals surface area contributed by atoms with Crippen molar-refractivity contribution in [3.05, 3.63) is 35.8 Å². The molecule has 0 saturated heterocycles. The summed E-state index contributed by atoms with van der Waals surface area (Å²) in [6, 6.07) is 0. The molecule has 0 spiro atoms. The molecule has 1 rings (SSSR count). The number of oxime groups is 1. The van der Waals surface area contributed by atoms with Gasteiger partial charge < -0.3 is 23.5 Å². The minimum Gasteiger partial charge on any atom is -0.500 e. The average molecular weight is 352 g/mol. The summed E-state index contributed by atoms with van der Waals surface area (Å²) in [5.41, 5.74) is 1.18. The molecule has 8 nitrogen and oxygen atoms in total. The molecule has 1 heterocycles. The van der Waals surface area contributed by atoms with Crippen LogP contribution in [0.25, 0.3) is 6.08 Å². The van der Waals surface area contributed by atoms with Gasteiger partial charge in [-0.25, -0.2) is 9.78 Å². The third-order valence-electron chi connectivity index (χ3n) is 3.46. The van der Waals surface area contributed by atoms with E-state index in [1.165, 1.54) is 33.7 Å². The first-order chi connectivity index (χ1) is 12.0. The number of methoxy groups -OCH3 is 3. The molecule has 0 amide bonds. The number of hydrogen-bond donors (Lipinski definition) is 0. The number of nitrogens with zero attached hydrogens (tertiary/aromatic N) is 2. The minimum absolute atomic E-state index is 0.225. The molecule has 0 N–H and O–H groups in total. The van der Waals surface area contributed by atoms with Gasteiger partial charge in [0.15, 0.2) is 0 Å². The molecule has 0 aromatic carbocycles. The number of aromatic nitrogens is 1. The summed E-state index contributed by atoms with van der Waals surface area (Å²) in [5.74, 6) is 0.120. The second-order valence-electron chi connectivity index (χ2n) is 5.05. The van der Waals surface area contributed by atoms with Crippen molar-refractivity contribution in [1.82, 2.24) is 4.98 Å². The lowest BCUT2D eigenvalue weighted by atomic mass is 10.0. The number of rotatable bonds is 9. The van der Waals surface area contributed by atoms with Crippen LogP contribution in [-0.4, -0.2) is 51.2 Å². The molecule has 0 saturated carbocycles. The molecule has 2 atom stereocenters. The Labute approximate surface area is 147 Å². The van der Waals surface area contributed by atoms with E-state index in [0.717, 1.165) is 0 Å². The lowest BCUT2D eigenvalue weighted by molar-refractivity contribution is -0.135. The van der Waals surface area contributed by atoms with E-state index in [4.69, 9.17) is 18.7 Å². The predicted octanol–water partition coefficient (Wildman–Crippen LogP) is 2.41. The second-order valence-corrected chi connectivity index (χ2v) is 5.05. The molecule has 1 aromatic heterocycles. The van der Waals surface area contributed by atoms with E-state index in [1.807, 2.05) is 6.92 Å². The highest BCUT2D eigenvalue weighted by molar-refractivity contribution is 5.96. The molecule has 1 aromatic rings. The van der Waals surface area contributed by atoms with Crippen LogP contribution >= 0.6 is 0 Å². The quantitative estimate of drug-likeness (QED) is 0.221. The van der Waals surface area contributed by atoms with Gasteiger partial charge in [-0.05, 0) is 19.1 Å². The van der Waals surface area contributed by atoms with Crippen LogP contribution in [0.1, 0.15) is 25.4 Å². The van der Waals surface area contributed by atoms with Crippen LogP contribution in [0.2, 0.25) is 0 Å². The Morgan fingerprint density at radius 3 is 2.56 bits per heavy atom. The standard InChI is InChI=1S/C17H24N2O6/c1-11(15(22-4)9-17(20)23-5)14(21-3)7-8-16-18-13(10-25-16)12(2)19-24-6/h7-11,14H,1-6H3/b8-7+,15-9+,19-12-/t11-,14+/m1/s1. The lowest BCUT2D eigenvalue weighted by Crippen LogP contribution is -2.21. The van der Waals surface area contributed by atoms with Crippen molar-refractivity contribution in [2.24, 2.45) is 11.1 Å². The highest BCUT2D eigenvalue weighted by atomic mass is 16.6. The van der Waals surface area contributed by atoms with E-state index in [-0.39, 0.29) is 12.0 Å². The second kappa shape index (κ2) is 10.3. The summed E-state index contributed by atoms with van der Waals surface area (Å²) in [6.07, 6.45) is 5.87. The van der Waals surface area contributed by atoms with E-state index < -0.39 is 5.97 Å². The third-order valence-corrected chi connectivity index (χ3v) is 3.46. The van der Waals surface area contributed by atoms with E-state index in [9.17, 15) is 4.79 Å². The van der Waals surface area contributed by atoms with Gasteiger partial charge >= 0.3 is 5.97 Å². The normalized spacial score (nSPS) is 15.1. The Balaban J connectivity index is 2.90. The molecule has 0 radical (unpaired) electrons. The zero-order valence-electron chi connectivity index (χ0n) is 15.3. The molecular formula is C17H24N2O6. The number of carbonyl (C=O) groups is 1. The Hall–Kier alpha value is -2.61. The van der Waals surface area contributed by atoms with Gasteiger partial charge in [0.25, 0.3) is 0 Å². The van der Waals surface area contributed by atoms with E-state index in [1.54, 1.807) is 26.2 Å². The predicted molar refractivity (Wildman–Crippen MR) is 91.8 cm³/mol. The summed E-state index contributed by atoms with van der Waals surface area (Å²) in [5, 5.41) is 3.80. The summed E-state index contributed by atoms with van der Waals surface area (Å²) >= 11 is 0. The maximum atomic E-state index is 11.4. The fourth-order valence-electron chi connectivity index (χ4n) is 2.05. The van der Waals surface area contributed by atoms with E-state index >= 15 is 0 Å². The van der Waals surface area contributed by atoms with Crippen molar-refractivity contribution in [1.29, 1.82) is 0 Å². The van der Waals surface area contributed by atoms with Gasteiger partial charge in [-0.1, -0.05) is 12.1 Å². The maximum absolute atomic E-state index is 11.4. The largest absolute Gasteiger partial charge is 0.500 e. The topological polar surface area (TPSA) is 92.4 Å². The van der Waals surface area contributed by atoms with Crippen molar-refractivity contribution < 1.29 is 28.3 Å². The summed E-state index contributed by atoms with van der Waals surface area (Å²) in [6.45, 7) is 3.63. The third kappa shape index (κ3) is 6.07. The highest BCUT2D eigenvalue weighted by Crippen LogP contribution is 2.20. The van der Waals surface area contributed by atoms with Crippen molar-refractivity contribution in [2.75, 3.05) is 28.4 Å². The Morgan fingerprint density at radius 1 is 1.28 bits per heavy atom. The van der Waals surface area contributed by atoms with Crippen molar-refractivity contribution in [3.8, 4) is 0 Å². The van der Waals surface area contributed by atoms with Crippen LogP contribution in [0, 0.1) is 5.92 Å². The molecule has 0 fully saturated rings. The molecule has 8 heteroatoms. The summed E-state index contributed by atoms with van der Waals surface area (Å²) in [4.78, 5) is 20.4. The number of ether oxygens (including phenoxy) is 3. The monoisotopic (exact) mass is 352 g/mol. The Kier molecular flexibility index (Phi) is 8.42. The van der Waals surface area contributed by atoms with Crippen molar-refractivity contribution in [3.63, 3.8) is 0 Å². The van der Waals surface area contributed by atoms with Crippen LogP contribution in [0.5, 0.6) is 0 Å². The van der Waals surface area contributed by atoms with Crippen LogP contribution < -0.4 is 0 Å². The zero-order valence-corrected chi connectivity index (χ0v) is 15.3. The van der Waals surface area contributed by atoms with Gasteiger partial charge in [0, 0.05) is 13.0 Å². The molecule has 0 aliphatic carbocycles. The molecule has 0 bridgehead atoms. The fourth-order valence-corrected chi connectivity index (χ4v) is 2.05. The Morgan fingerprint density at radius 2 is 2.00 bits per heavy atom. The molecule has 138 valence electrons. The number of oxazole rings is 1. The van der Waals surface area contributed by atoms with Crippen LogP contribution in [-0.2, 0) is 23.8 Å². The maximum Gasteiger partial charge on any atom is 0.333 e. The van der Waals surface area contributed by atoms with Gasteiger partial charge in [-0.3, -0.25) is 0 Å². The summed E-state index contributed by atoms with van der Waals surface area (Å²) in [7, 11) is 5.82. The highest BCUT2D eigenvalue weighted by Gasteiger charge is 2.20. The van der Waals surface area contributed by atoms with Crippen LogP contribution in [0.4, 0.5) is 0 Å². The number of esters is 1. The smallest absolute Gasteiger partial charge is 0.333 e. The molecule has 0 aliphatic heterocycles. The van der Waals surface area contributed by atoms with Gasteiger partial charge in [0.05, 0.1) is 26.4 Å².